The van der Waals surface area contributed by atoms with Crippen molar-refractivity contribution in [3.63, 3.8) is 0 Å². The van der Waals surface area contributed by atoms with Crippen molar-refractivity contribution in [1.82, 2.24) is 0 Å². The van der Waals surface area contributed by atoms with Gasteiger partial charge in [-0.1, -0.05) is 27.7 Å². The van der Waals surface area contributed by atoms with E-state index < -0.39 is 9.84 Å². The zero-order chi connectivity index (χ0) is 15.6. The van der Waals surface area contributed by atoms with Crippen LogP contribution >= 0.6 is 27.7 Å². The lowest BCUT2D eigenvalue weighted by atomic mass is 10.1. The Labute approximate surface area is 136 Å². The molecular formula is C15H13BrO3S2. The molecule has 0 N–H and O–H groups in total. The van der Waals surface area contributed by atoms with Crippen LogP contribution in [0.5, 0.6) is 0 Å². The Morgan fingerprint density at radius 3 is 2.24 bits per heavy atom. The first kappa shape index (κ1) is 16.3. The second-order valence-corrected chi connectivity index (χ2v) is 8.59. The molecule has 0 aliphatic rings. The minimum Gasteiger partial charge on any atom is -0.294 e. The number of benzene rings is 2. The predicted octanol–water partition coefficient (Wildman–Crippen LogP) is 4.21. The van der Waals surface area contributed by atoms with Crippen LogP contribution in [-0.2, 0) is 9.84 Å². The van der Waals surface area contributed by atoms with E-state index in [0.717, 1.165) is 14.3 Å². The highest BCUT2D eigenvalue weighted by atomic mass is 79.9. The van der Waals surface area contributed by atoms with Gasteiger partial charge in [-0.15, -0.1) is 0 Å². The Kier molecular flexibility index (Phi) is 4.91. The highest BCUT2D eigenvalue weighted by molar-refractivity contribution is 9.10. The van der Waals surface area contributed by atoms with E-state index in [1.165, 1.54) is 24.9 Å². The van der Waals surface area contributed by atoms with Crippen molar-refractivity contribution in [2.24, 2.45) is 0 Å². The van der Waals surface area contributed by atoms with Crippen molar-refractivity contribution in [3.05, 3.63) is 52.5 Å². The lowest BCUT2D eigenvalue weighted by Crippen LogP contribution is -1.96. The van der Waals surface area contributed by atoms with Crippen molar-refractivity contribution >= 4 is 43.3 Å². The summed E-state index contributed by atoms with van der Waals surface area (Å²) >= 11 is 4.82. The van der Waals surface area contributed by atoms with Gasteiger partial charge in [0.1, 0.15) is 0 Å². The first-order chi connectivity index (χ1) is 9.77. The van der Waals surface area contributed by atoms with Gasteiger partial charge in [0.05, 0.1) is 4.90 Å². The zero-order valence-electron chi connectivity index (χ0n) is 11.5. The highest BCUT2D eigenvalue weighted by Crippen LogP contribution is 2.33. The van der Waals surface area contributed by atoms with E-state index in [1.807, 2.05) is 12.1 Å². The van der Waals surface area contributed by atoms with E-state index in [2.05, 4.69) is 15.9 Å². The molecule has 0 aliphatic carbocycles. The maximum absolute atomic E-state index is 11.6. The second kappa shape index (κ2) is 6.34. The average molecular weight is 385 g/mol. The molecule has 0 saturated heterocycles. The van der Waals surface area contributed by atoms with Gasteiger partial charge in [0.15, 0.2) is 15.6 Å². The fourth-order valence-electron chi connectivity index (χ4n) is 1.75. The molecular weight excluding hydrogens is 372 g/mol. The summed E-state index contributed by atoms with van der Waals surface area (Å²) in [6.45, 7) is 1.53. The van der Waals surface area contributed by atoms with Crippen LogP contribution < -0.4 is 0 Å². The van der Waals surface area contributed by atoms with Crippen LogP contribution in [-0.4, -0.2) is 20.5 Å². The second-order valence-electron chi connectivity index (χ2n) is 4.54. The number of hydrogen-bond donors (Lipinski definition) is 0. The topological polar surface area (TPSA) is 51.2 Å². The van der Waals surface area contributed by atoms with Crippen molar-refractivity contribution in [2.45, 2.75) is 21.6 Å². The van der Waals surface area contributed by atoms with E-state index in [0.29, 0.717) is 5.56 Å². The van der Waals surface area contributed by atoms with Crippen molar-refractivity contribution in [2.75, 3.05) is 6.26 Å². The lowest BCUT2D eigenvalue weighted by Gasteiger charge is -2.08. The molecule has 0 spiro atoms. The summed E-state index contributed by atoms with van der Waals surface area (Å²) in [5, 5.41) is 0. The first-order valence-electron chi connectivity index (χ1n) is 6.06. The van der Waals surface area contributed by atoms with Crippen molar-refractivity contribution < 1.29 is 13.2 Å². The molecule has 0 saturated carbocycles. The van der Waals surface area contributed by atoms with Gasteiger partial charge in [0.25, 0.3) is 0 Å². The number of Topliss-reactive ketones (excluding diaryl/α,β-unsaturated/α-hetero) is 1. The summed E-state index contributed by atoms with van der Waals surface area (Å²) in [6.07, 6.45) is 1.18. The van der Waals surface area contributed by atoms with Crippen LogP contribution in [0.15, 0.2) is 61.6 Å². The monoisotopic (exact) mass is 384 g/mol. The summed E-state index contributed by atoms with van der Waals surface area (Å²) < 4.78 is 23.8. The van der Waals surface area contributed by atoms with Gasteiger partial charge in [-0.2, -0.15) is 0 Å². The molecule has 2 rings (SSSR count). The minimum atomic E-state index is -3.19. The van der Waals surface area contributed by atoms with Crippen LogP contribution in [0.4, 0.5) is 0 Å². The molecule has 2 aromatic carbocycles. The molecule has 2 aromatic rings. The number of carbonyl (C=O) groups excluding carboxylic acids is 1. The van der Waals surface area contributed by atoms with E-state index in [-0.39, 0.29) is 10.7 Å². The molecule has 0 heterocycles. The Morgan fingerprint density at radius 1 is 1.10 bits per heavy atom. The van der Waals surface area contributed by atoms with Gasteiger partial charge in [-0.05, 0) is 49.4 Å². The normalized spacial score (nSPS) is 11.4. The van der Waals surface area contributed by atoms with Gasteiger partial charge < -0.3 is 0 Å². The molecule has 110 valence electrons. The quantitative estimate of drug-likeness (QED) is 0.740. The number of carbonyl (C=O) groups is 1. The summed E-state index contributed by atoms with van der Waals surface area (Å²) in [7, 11) is -3.19. The van der Waals surface area contributed by atoms with E-state index in [1.54, 1.807) is 30.3 Å². The van der Waals surface area contributed by atoms with Crippen LogP contribution in [0, 0.1) is 0 Å². The largest absolute Gasteiger partial charge is 0.294 e. The van der Waals surface area contributed by atoms with Crippen molar-refractivity contribution in [3.8, 4) is 0 Å². The third kappa shape index (κ3) is 4.18. The molecule has 0 unspecified atom stereocenters. The van der Waals surface area contributed by atoms with E-state index in [4.69, 9.17) is 0 Å². The molecule has 0 atom stereocenters. The van der Waals surface area contributed by atoms with Crippen LogP contribution in [0.25, 0.3) is 0 Å². The van der Waals surface area contributed by atoms with E-state index >= 15 is 0 Å². The maximum atomic E-state index is 11.6. The molecule has 0 aliphatic heterocycles. The standard InChI is InChI=1S/C15H13BrO3S2/c1-10(17)14-8-3-11(16)9-15(14)20-12-4-6-13(7-5-12)21(2,18)19/h3-9H,1-2H3. The number of halogens is 1. The zero-order valence-corrected chi connectivity index (χ0v) is 14.7. The van der Waals surface area contributed by atoms with Gasteiger partial charge in [0.2, 0.25) is 0 Å². The summed E-state index contributed by atoms with van der Waals surface area (Å²) in [5.41, 5.74) is 0.649. The Morgan fingerprint density at radius 2 is 1.71 bits per heavy atom. The smallest absolute Gasteiger partial charge is 0.175 e. The molecule has 0 amide bonds. The molecule has 21 heavy (non-hydrogen) atoms. The van der Waals surface area contributed by atoms with Crippen LogP contribution in [0.1, 0.15) is 17.3 Å². The van der Waals surface area contributed by atoms with Gasteiger partial charge >= 0.3 is 0 Å². The fourth-order valence-corrected chi connectivity index (χ4v) is 3.93. The molecule has 0 fully saturated rings. The highest BCUT2D eigenvalue weighted by Gasteiger charge is 2.11. The first-order valence-corrected chi connectivity index (χ1v) is 9.56. The van der Waals surface area contributed by atoms with Gasteiger partial charge in [0, 0.05) is 26.1 Å². The number of hydrogen-bond acceptors (Lipinski definition) is 4. The summed E-state index contributed by atoms with van der Waals surface area (Å²) in [4.78, 5) is 13.6. The SMILES string of the molecule is CC(=O)c1ccc(Br)cc1Sc1ccc(S(C)(=O)=O)cc1. The summed E-state index contributed by atoms with van der Waals surface area (Å²) in [6, 6.07) is 12.1. The lowest BCUT2D eigenvalue weighted by molar-refractivity contribution is 0.101. The molecule has 0 aromatic heterocycles. The number of rotatable bonds is 4. The molecule has 0 bridgehead atoms. The minimum absolute atomic E-state index is 0.00208. The number of sulfone groups is 1. The molecule has 3 nitrogen and oxygen atoms in total. The molecule has 6 heteroatoms. The third-order valence-corrected chi connectivity index (χ3v) is 5.49. The Bertz CT molecular complexity index is 781. The Hall–Kier alpha value is -1.11. The predicted molar refractivity (Wildman–Crippen MR) is 87.8 cm³/mol. The van der Waals surface area contributed by atoms with E-state index in [9.17, 15) is 13.2 Å². The maximum Gasteiger partial charge on any atom is 0.175 e. The summed E-state index contributed by atoms with van der Waals surface area (Å²) in [5.74, 6) is -0.00208. The van der Waals surface area contributed by atoms with Gasteiger partial charge in [-0.3, -0.25) is 4.79 Å². The van der Waals surface area contributed by atoms with Crippen LogP contribution in [0.2, 0.25) is 0 Å². The number of ketones is 1. The van der Waals surface area contributed by atoms with Crippen molar-refractivity contribution in [1.29, 1.82) is 0 Å². The van der Waals surface area contributed by atoms with Crippen LogP contribution in [0.3, 0.4) is 0 Å². The fraction of sp³-hybridized carbons (Fsp3) is 0.133. The molecule has 0 radical (unpaired) electrons. The third-order valence-electron chi connectivity index (χ3n) is 2.80. The average Bonchev–Trinajstić information content (AvgIpc) is 2.38. The van der Waals surface area contributed by atoms with Gasteiger partial charge in [-0.25, -0.2) is 8.42 Å². The Balaban J connectivity index is 2.34.